The minimum atomic E-state index is -0.500. The minimum Gasteiger partial charge on any atom is -0.466 e. The number of rotatable bonds is 5. The summed E-state index contributed by atoms with van der Waals surface area (Å²) in [5.74, 6) is 0.959. The maximum absolute atomic E-state index is 13.0. The standard InChI is InChI=1S/C24H26ClN3O3S/c1-13-21(23(30)31-2)22(17-5-3-4-6-18(17)25)28-16(12-32-24(28)26-13)11-20(29)27-19-10-14-7-8-15(19)9-14/h3-6,12,14-15,19,22H,7-11H2,1-2H3,(H,27,29)/t14-,15-,19+,22+/m0/s1. The van der Waals surface area contributed by atoms with Gasteiger partial charge in [-0.2, -0.15) is 0 Å². The molecular formula is C24H26ClN3O3S. The summed E-state index contributed by atoms with van der Waals surface area (Å²) in [6.07, 6.45) is 5.09. The first-order chi connectivity index (χ1) is 15.5. The number of nitrogens with one attached hydrogen (secondary N) is 1. The smallest absolute Gasteiger partial charge is 0.338 e. The number of carbonyl (C=O) groups is 2. The highest BCUT2D eigenvalue weighted by atomic mass is 35.5. The van der Waals surface area contributed by atoms with Crippen molar-refractivity contribution in [2.75, 3.05) is 7.11 Å². The topological polar surface area (TPSA) is 71.0 Å². The van der Waals surface area contributed by atoms with Crippen LogP contribution in [0.5, 0.6) is 0 Å². The third-order valence-electron chi connectivity index (χ3n) is 7.03. The number of methoxy groups -OCH3 is 1. The first-order valence-corrected chi connectivity index (χ1v) is 12.3. The number of amidine groups is 1. The molecule has 2 fully saturated rings. The van der Waals surface area contributed by atoms with E-state index < -0.39 is 12.0 Å². The van der Waals surface area contributed by atoms with Gasteiger partial charge in [-0.15, -0.1) is 0 Å². The molecule has 2 saturated carbocycles. The van der Waals surface area contributed by atoms with Gasteiger partial charge >= 0.3 is 5.97 Å². The van der Waals surface area contributed by atoms with Crippen LogP contribution in [-0.2, 0) is 14.3 Å². The molecule has 4 atom stereocenters. The lowest BCUT2D eigenvalue weighted by atomic mass is 9.93. The second-order valence-electron chi connectivity index (χ2n) is 8.93. The van der Waals surface area contributed by atoms with E-state index in [-0.39, 0.29) is 18.4 Å². The molecule has 5 rings (SSSR count). The van der Waals surface area contributed by atoms with Crippen LogP contribution in [0.25, 0.3) is 0 Å². The molecule has 1 aromatic carbocycles. The predicted octanol–water partition coefficient (Wildman–Crippen LogP) is 4.78. The Morgan fingerprint density at radius 3 is 2.78 bits per heavy atom. The lowest BCUT2D eigenvalue weighted by Crippen LogP contribution is -2.41. The Morgan fingerprint density at radius 2 is 2.09 bits per heavy atom. The molecule has 168 valence electrons. The number of halogens is 1. The third-order valence-corrected chi connectivity index (χ3v) is 8.26. The molecule has 2 heterocycles. The van der Waals surface area contributed by atoms with Crippen LogP contribution in [0.3, 0.4) is 0 Å². The number of hydrogen-bond donors (Lipinski definition) is 1. The van der Waals surface area contributed by atoms with Crippen LogP contribution in [-0.4, -0.2) is 35.1 Å². The van der Waals surface area contributed by atoms with E-state index in [0.29, 0.717) is 22.2 Å². The van der Waals surface area contributed by atoms with Crippen LogP contribution in [0.2, 0.25) is 5.02 Å². The van der Waals surface area contributed by atoms with Crippen molar-refractivity contribution in [3.63, 3.8) is 0 Å². The molecule has 2 aliphatic carbocycles. The molecule has 32 heavy (non-hydrogen) atoms. The highest BCUT2D eigenvalue weighted by Crippen LogP contribution is 2.47. The number of thioether (sulfide) groups is 1. The number of esters is 1. The van der Waals surface area contributed by atoms with Gasteiger partial charge in [0, 0.05) is 16.8 Å². The van der Waals surface area contributed by atoms with Gasteiger partial charge in [0.25, 0.3) is 0 Å². The zero-order valence-corrected chi connectivity index (χ0v) is 19.7. The fraction of sp³-hybridized carbons (Fsp3) is 0.458. The van der Waals surface area contributed by atoms with Gasteiger partial charge in [-0.25, -0.2) is 9.79 Å². The molecule has 1 N–H and O–H groups in total. The number of ether oxygens (including phenoxy) is 1. The zero-order chi connectivity index (χ0) is 22.4. The molecule has 0 aromatic heterocycles. The van der Waals surface area contributed by atoms with Crippen LogP contribution >= 0.6 is 23.4 Å². The number of allylic oxidation sites excluding steroid dienone is 1. The second kappa shape index (κ2) is 8.60. The fourth-order valence-corrected chi connectivity index (χ4v) is 6.78. The van der Waals surface area contributed by atoms with Crippen molar-refractivity contribution in [1.29, 1.82) is 0 Å². The highest BCUT2D eigenvalue weighted by molar-refractivity contribution is 8.16. The van der Waals surface area contributed by atoms with Crippen molar-refractivity contribution in [2.24, 2.45) is 16.8 Å². The Hall–Kier alpha value is -2.25. The molecule has 0 unspecified atom stereocenters. The maximum Gasteiger partial charge on any atom is 0.338 e. The monoisotopic (exact) mass is 471 g/mol. The van der Waals surface area contributed by atoms with Crippen LogP contribution in [0.4, 0.5) is 0 Å². The zero-order valence-electron chi connectivity index (χ0n) is 18.1. The largest absolute Gasteiger partial charge is 0.466 e. The molecule has 1 aromatic rings. The Bertz CT molecular complexity index is 1070. The van der Waals surface area contributed by atoms with Crippen molar-refractivity contribution in [3.05, 3.63) is 57.2 Å². The summed E-state index contributed by atoms with van der Waals surface area (Å²) in [7, 11) is 1.36. The number of nitrogens with zero attached hydrogens (tertiary/aromatic N) is 2. The lowest BCUT2D eigenvalue weighted by Gasteiger charge is -2.36. The number of fused-ring (bicyclic) bond motifs is 3. The molecule has 6 nitrogen and oxygen atoms in total. The highest BCUT2D eigenvalue weighted by Gasteiger charge is 2.43. The van der Waals surface area contributed by atoms with Crippen molar-refractivity contribution in [3.8, 4) is 0 Å². The van der Waals surface area contributed by atoms with E-state index in [9.17, 15) is 9.59 Å². The van der Waals surface area contributed by atoms with E-state index in [0.717, 1.165) is 28.8 Å². The lowest BCUT2D eigenvalue weighted by molar-refractivity contribution is -0.136. The van der Waals surface area contributed by atoms with Crippen LogP contribution in [0.1, 0.15) is 50.6 Å². The van der Waals surface area contributed by atoms with E-state index >= 15 is 0 Å². The van der Waals surface area contributed by atoms with Gasteiger partial charge in [0.15, 0.2) is 5.17 Å². The van der Waals surface area contributed by atoms with Gasteiger partial charge in [0.1, 0.15) is 0 Å². The van der Waals surface area contributed by atoms with Crippen molar-refractivity contribution in [1.82, 2.24) is 10.2 Å². The average Bonchev–Trinajstić information content (AvgIpc) is 3.49. The van der Waals surface area contributed by atoms with Gasteiger partial charge in [-0.05, 0) is 55.1 Å². The molecule has 0 saturated heterocycles. The van der Waals surface area contributed by atoms with Crippen molar-refractivity contribution < 1.29 is 14.3 Å². The van der Waals surface area contributed by atoms with Crippen molar-refractivity contribution >= 4 is 40.4 Å². The molecule has 0 spiro atoms. The number of amides is 1. The van der Waals surface area contributed by atoms with E-state index in [4.69, 9.17) is 16.3 Å². The van der Waals surface area contributed by atoms with E-state index in [1.54, 1.807) is 13.0 Å². The Balaban J connectivity index is 1.43. The molecule has 2 aliphatic heterocycles. The van der Waals surface area contributed by atoms with Gasteiger partial charge < -0.3 is 15.0 Å². The summed E-state index contributed by atoms with van der Waals surface area (Å²) in [5.41, 5.74) is 2.63. The number of benzene rings is 1. The van der Waals surface area contributed by atoms with Gasteiger partial charge in [-0.1, -0.05) is 48.0 Å². The van der Waals surface area contributed by atoms with Crippen molar-refractivity contribution in [2.45, 2.75) is 51.1 Å². The summed E-state index contributed by atoms with van der Waals surface area (Å²) in [4.78, 5) is 32.4. The molecule has 0 radical (unpaired) electrons. The molecule has 1 amide bonds. The van der Waals surface area contributed by atoms with Gasteiger partial charge in [-0.3, -0.25) is 4.79 Å². The second-order valence-corrected chi connectivity index (χ2v) is 10.2. The molecule has 8 heteroatoms. The number of carbonyl (C=O) groups excluding carboxylic acids is 2. The SMILES string of the molecule is COC(=O)C1=C(C)N=C2SC=C(CC(=O)N[C@@H]3C[C@H]4CC[C@H]3C4)N2[C@@H]1c1ccccc1Cl. The van der Waals surface area contributed by atoms with Crippen LogP contribution < -0.4 is 5.32 Å². The van der Waals surface area contributed by atoms with E-state index in [2.05, 4.69) is 10.3 Å². The molecular weight excluding hydrogens is 446 g/mol. The summed E-state index contributed by atoms with van der Waals surface area (Å²) in [6, 6.07) is 7.25. The van der Waals surface area contributed by atoms with Gasteiger partial charge in [0.05, 0.1) is 30.8 Å². The molecule has 2 bridgehead atoms. The normalized spacial score (nSPS) is 28.4. The van der Waals surface area contributed by atoms with E-state index in [1.807, 2.05) is 28.5 Å². The summed E-state index contributed by atoms with van der Waals surface area (Å²) < 4.78 is 5.09. The number of aliphatic imine (C=N–C) groups is 1. The summed E-state index contributed by atoms with van der Waals surface area (Å²) in [5, 5.41) is 6.51. The fourth-order valence-electron chi connectivity index (χ4n) is 5.58. The average molecular weight is 472 g/mol. The van der Waals surface area contributed by atoms with Gasteiger partial charge in [0.2, 0.25) is 5.91 Å². The third kappa shape index (κ3) is 3.75. The van der Waals surface area contributed by atoms with E-state index in [1.165, 1.54) is 38.1 Å². The maximum atomic E-state index is 13.0. The van der Waals surface area contributed by atoms with Crippen LogP contribution in [0, 0.1) is 11.8 Å². The summed E-state index contributed by atoms with van der Waals surface area (Å²) in [6.45, 7) is 1.81. The Morgan fingerprint density at radius 1 is 1.28 bits per heavy atom. The molecule has 4 aliphatic rings. The first-order valence-electron chi connectivity index (χ1n) is 11.0. The van der Waals surface area contributed by atoms with Crippen LogP contribution in [0.15, 0.2) is 51.6 Å². The number of hydrogen-bond acceptors (Lipinski definition) is 6. The quantitative estimate of drug-likeness (QED) is 0.625. The Kier molecular flexibility index (Phi) is 5.80. The first kappa shape index (κ1) is 21.6. The summed E-state index contributed by atoms with van der Waals surface area (Å²) >= 11 is 8.03. The predicted molar refractivity (Wildman–Crippen MR) is 126 cm³/mol. The minimum absolute atomic E-state index is 0.0134. The Labute approximate surface area is 197 Å².